The fourth-order valence-corrected chi connectivity index (χ4v) is 2.55. The molecule has 2 rings (SSSR count). The van der Waals surface area contributed by atoms with Crippen LogP contribution in [0.5, 0.6) is 5.75 Å². The van der Waals surface area contributed by atoms with Gasteiger partial charge in [-0.05, 0) is 32.4 Å². The van der Waals surface area contributed by atoms with Gasteiger partial charge in [0.05, 0.1) is 17.5 Å². The molecule has 1 heterocycles. The highest BCUT2D eigenvalue weighted by atomic mass is 16.5. The molecule has 1 aromatic rings. The van der Waals surface area contributed by atoms with Crippen molar-refractivity contribution in [2.45, 2.75) is 39.3 Å². The first-order chi connectivity index (χ1) is 9.47. The average Bonchev–Trinajstić information content (AvgIpc) is 2.78. The first-order valence-electron chi connectivity index (χ1n) is 7.04. The lowest BCUT2D eigenvalue weighted by Gasteiger charge is -2.23. The largest absolute Gasteiger partial charge is 0.489 e. The van der Waals surface area contributed by atoms with Gasteiger partial charge in [0.1, 0.15) is 5.75 Å². The van der Waals surface area contributed by atoms with Crippen molar-refractivity contribution in [3.8, 4) is 5.75 Å². The van der Waals surface area contributed by atoms with Crippen molar-refractivity contribution in [3.05, 3.63) is 18.2 Å². The van der Waals surface area contributed by atoms with Crippen molar-refractivity contribution in [1.29, 1.82) is 0 Å². The number of carbonyl (C=O) groups is 1. The molecule has 110 valence electrons. The number of amides is 1. The van der Waals surface area contributed by atoms with Crippen LogP contribution in [0.3, 0.4) is 0 Å². The summed E-state index contributed by atoms with van der Waals surface area (Å²) >= 11 is 0. The lowest BCUT2D eigenvalue weighted by molar-refractivity contribution is -0.119. The minimum atomic E-state index is 0.0155. The van der Waals surface area contributed by atoms with Crippen LogP contribution in [-0.2, 0) is 4.79 Å². The van der Waals surface area contributed by atoms with E-state index in [4.69, 9.17) is 10.5 Å². The summed E-state index contributed by atoms with van der Waals surface area (Å²) in [5, 5.41) is 2.96. The standard InChI is InChI=1S/C15H23N3O2/c1-10(2)20-14-6-4-5-13(15(14)16)18-8-7-12(9-18)17-11(3)19/h4-6,10,12H,7-9,16H2,1-3H3,(H,17,19). The van der Waals surface area contributed by atoms with E-state index in [1.54, 1.807) is 6.92 Å². The maximum atomic E-state index is 11.1. The monoisotopic (exact) mass is 277 g/mol. The van der Waals surface area contributed by atoms with Gasteiger partial charge in [-0.2, -0.15) is 0 Å². The summed E-state index contributed by atoms with van der Waals surface area (Å²) in [6.07, 6.45) is 1.03. The SMILES string of the molecule is CC(=O)NC1CCN(c2cccc(OC(C)C)c2N)C1. The van der Waals surface area contributed by atoms with Crippen LogP contribution in [0.25, 0.3) is 0 Å². The van der Waals surface area contributed by atoms with Crippen LogP contribution in [0.4, 0.5) is 11.4 Å². The van der Waals surface area contributed by atoms with Gasteiger partial charge in [-0.25, -0.2) is 0 Å². The Bertz CT molecular complexity index is 488. The van der Waals surface area contributed by atoms with E-state index in [2.05, 4.69) is 10.2 Å². The van der Waals surface area contributed by atoms with Crippen LogP contribution in [0.1, 0.15) is 27.2 Å². The van der Waals surface area contributed by atoms with Crippen LogP contribution in [0.15, 0.2) is 18.2 Å². The normalized spacial score (nSPS) is 18.4. The summed E-state index contributed by atoms with van der Waals surface area (Å²) in [6.45, 7) is 7.19. The number of nitrogens with one attached hydrogen (secondary N) is 1. The molecule has 5 nitrogen and oxygen atoms in total. The molecule has 1 amide bonds. The van der Waals surface area contributed by atoms with E-state index >= 15 is 0 Å². The zero-order valence-electron chi connectivity index (χ0n) is 12.3. The Balaban J connectivity index is 2.12. The van der Waals surface area contributed by atoms with E-state index in [9.17, 15) is 4.79 Å². The summed E-state index contributed by atoms with van der Waals surface area (Å²) in [5.74, 6) is 0.738. The highest BCUT2D eigenvalue weighted by Gasteiger charge is 2.25. The number of hydrogen-bond donors (Lipinski definition) is 2. The van der Waals surface area contributed by atoms with Gasteiger partial charge >= 0.3 is 0 Å². The summed E-state index contributed by atoms with van der Waals surface area (Å²) in [5.41, 5.74) is 7.86. The molecule has 0 aliphatic carbocycles. The Hall–Kier alpha value is -1.91. The molecule has 1 saturated heterocycles. The molecule has 3 N–H and O–H groups in total. The van der Waals surface area contributed by atoms with Crippen molar-refractivity contribution < 1.29 is 9.53 Å². The highest BCUT2D eigenvalue weighted by Crippen LogP contribution is 2.34. The third-order valence-electron chi connectivity index (χ3n) is 3.34. The molecule has 0 aromatic heterocycles. The van der Waals surface area contributed by atoms with Gasteiger partial charge in [-0.3, -0.25) is 4.79 Å². The predicted octanol–water partition coefficient (Wildman–Crippen LogP) is 1.77. The quantitative estimate of drug-likeness (QED) is 0.823. The van der Waals surface area contributed by atoms with Crippen molar-refractivity contribution in [1.82, 2.24) is 5.32 Å². The zero-order chi connectivity index (χ0) is 14.7. The summed E-state index contributed by atoms with van der Waals surface area (Å²) in [6, 6.07) is 6.04. The van der Waals surface area contributed by atoms with Crippen molar-refractivity contribution >= 4 is 17.3 Å². The van der Waals surface area contributed by atoms with E-state index in [0.29, 0.717) is 5.69 Å². The Kier molecular flexibility index (Phi) is 4.37. The second kappa shape index (κ2) is 6.03. The van der Waals surface area contributed by atoms with Gasteiger partial charge < -0.3 is 20.7 Å². The Labute approximate surface area is 120 Å². The molecule has 0 spiro atoms. The van der Waals surface area contributed by atoms with Crippen molar-refractivity contribution in [2.24, 2.45) is 0 Å². The molecule has 1 atom stereocenters. The molecule has 0 saturated carbocycles. The molecule has 1 aliphatic rings. The van der Waals surface area contributed by atoms with Gasteiger partial charge in [0.15, 0.2) is 0 Å². The van der Waals surface area contributed by atoms with E-state index in [1.807, 2.05) is 32.0 Å². The van der Waals surface area contributed by atoms with Crippen molar-refractivity contribution in [2.75, 3.05) is 23.7 Å². The van der Waals surface area contributed by atoms with Gasteiger partial charge in [-0.15, -0.1) is 0 Å². The van der Waals surface area contributed by atoms with Crippen LogP contribution >= 0.6 is 0 Å². The number of nitrogens with two attached hydrogens (primary N) is 1. The van der Waals surface area contributed by atoms with E-state index in [1.165, 1.54) is 0 Å². The van der Waals surface area contributed by atoms with Crippen LogP contribution in [0.2, 0.25) is 0 Å². The van der Waals surface area contributed by atoms with Gasteiger partial charge in [-0.1, -0.05) is 6.07 Å². The molecular weight excluding hydrogens is 254 g/mol. The number of hydrogen-bond acceptors (Lipinski definition) is 4. The van der Waals surface area contributed by atoms with E-state index in [-0.39, 0.29) is 18.1 Å². The van der Waals surface area contributed by atoms with E-state index < -0.39 is 0 Å². The fourth-order valence-electron chi connectivity index (χ4n) is 2.55. The number of rotatable bonds is 4. The minimum Gasteiger partial charge on any atom is -0.489 e. The van der Waals surface area contributed by atoms with Gasteiger partial charge in [0.2, 0.25) is 5.91 Å². The number of carbonyl (C=O) groups excluding carboxylic acids is 1. The molecule has 1 aromatic carbocycles. The lowest BCUT2D eigenvalue weighted by atomic mass is 10.2. The number of nitrogen functional groups attached to an aromatic ring is 1. The zero-order valence-corrected chi connectivity index (χ0v) is 12.3. The average molecular weight is 277 g/mol. The Morgan fingerprint density at radius 1 is 1.50 bits per heavy atom. The Morgan fingerprint density at radius 3 is 2.90 bits per heavy atom. The lowest BCUT2D eigenvalue weighted by Crippen LogP contribution is -2.35. The fraction of sp³-hybridized carbons (Fsp3) is 0.533. The molecule has 1 fully saturated rings. The maximum Gasteiger partial charge on any atom is 0.217 e. The highest BCUT2D eigenvalue weighted by molar-refractivity contribution is 5.75. The van der Waals surface area contributed by atoms with Crippen molar-refractivity contribution in [3.63, 3.8) is 0 Å². The molecule has 0 radical (unpaired) electrons. The number of ether oxygens (including phenoxy) is 1. The smallest absolute Gasteiger partial charge is 0.217 e. The molecule has 20 heavy (non-hydrogen) atoms. The van der Waals surface area contributed by atoms with Gasteiger partial charge in [0, 0.05) is 26.1 Å². The second-order valence-corrected chi connectivity index (χ2v) is 5.49. The number of para-hydroxylation sites is 1. The number of nitrogens with zero attached hydrogens (tertiary/aromatic N) is 1. The Morgan fingerprint density at radius 2 is 2.25 bits per heavy atom. The molecule has 5 heteroatoms. The third kappa shape index (κ3) is 3.35. The van der Waals surface area contributed by atoms with Crippen LogP contribution < -0.4 is 20.7 Å². The molecule has 0 bridgehead atoms. The molecule has 1 aliphatic heterocycles. The summed E-state index contributed by atoms with van der Waals surface area (Å²) in [7, 11) is 0. The number of benzene rings is 1. The van der Waals surface area contributed by atoms with E-state index in [0.717, 1.165) is 30.9 Å². The molecule has 1 unspecified atom stereocenters. The predicted molar refractivity (Wildman–Crippen MR) is 81.1 cm³/mol. The maximum absolute atomic E-state index is 11.1. The second-order valence-electron chi connectivity index (χ2n) is 5.49. The van der Waals surface area contributed by atoms with Crippen LogP contribution in [-0.4, -0.2) is 31.1 Å². The first kappa shape index (κ1) is 14.5. The molecular formula is C15H23N3O2. The number of anilines is 2. The van der Waals surface area contributed by atoms with Gasteiger partial charge in [0.25, 0.3) is 0 Å². The topological polar surface area (TPSA) is 67.6 Å². The summed E-state index contributed by atoms with van der Waals surface area (Å²) < 4.78 is 5.72. The third-order valence-corrected chi connectivity index (χ3v) is 3.34. The van der Waals surface area contributed by atoms with Crippen LogP contribution in [0, 0.1) is 0 Å². The minimum absolute atomic E-state index is 0.0155. The summed E-state index contributed by atoms with van der Waals surface area (Å²) in [4.78, 5) is 13.3. The first-order valence-corrected chi connectivity index (χ1v) is 7.04.